The topological polar surface area (TPSA) is 61.2 Å². The van der Waals surface area contributed by atoms with Crippen molar-refractivity contribution < 1.29 is 9.53 Å². The Labute approximate surface area is 114 Å². The maximum atomic E-state index is 11.6. The molecule has 6 heteroatoms. The number of hydrogen-bond acceptors (Lipinski definition) is 4. The Hall–Kier alpha value is -2.14. The minimum Gasteiger partial charge on any atom is -0.468 e. The number of rotatable bonds is 3. The van der Waals surface area contributed by atoms with Gasteiger partial charge in [-0.2, -0.15) is 5.10 Å². The first-order valence-electron chi connectivity index (χ1n) is 5.51. The summed E-state index contributed by atoms with van der Waals surface area (Å²) in [6, 6.07) is 10.0. The van der Waals surface area contributed by atoms with Crippen LogP contribution in [0.15, 0.2) is 41.2 Å². The first-order chi connectivity index (χ1) is 9.11. The summed E-state index contributed by atoms with van der Waals surface area (Å²) in [5.41, 5.74) is 0.845. The van der Waals surface area contributed by atoms with Crippen LogP contribution in [0, 0.1) is 0 Å². The van der Waals surface area contributed by atoms with Crippen LogP contribution in [0.4, 0.5) is 0 Å². The van der Waals surface area contributed by atoms with E-state index >= 15 is 0 Å². The van der Waals surface area contributed by atoms with Gasteiger partial charge in [-0.15, -0.1) is 0 Å². The van der Waals surface area contributed by atoms with Gasteiger partial charge in [-0.1, -0.05) is 29.8 Å². The number of nitrogens with zero attached hydrogens (tertiary/aromatic N) is 2. The Kier molecular flexibility index (Phi) is 3.97. The highest BCUT2D eigenvalue weighted by Gasteiger charge is 2.09. The van der Waals surface area contributed by atoms with Gasteiger partial charge in [-0.3, -0.25) is 9.59 Å². The highest BCUT2D eigenvalue weighted by Crippen LogP contribution is 2.24. The molecule has 0 amide bonds. The molecule has 2 aromatic rings. The summed E-state index contributed by atoms with van der Waals surface area (Å²) in [7, 11) is 1.26. The lowest BCUT2D eigenvalue weighted by atomic mass is 10.1. The van der Waals surface area contributed by atoms with Gasteiger partial charge in [0.25, 0.3) is 5.56 Å². The fraction of sp³-hybridized carbons (Fsp3) is 0.154. The second kappa shape index (κ2) is 5.67. The number of carbonyl (C=O) groups excluding carboxylic acids is 1. The molecule has 0 saturated carbocycles. The van der Waals surface area contributed by atoms with Crippen molar-refractivity contribution >= 4 is 17.6 Å². The summed E-state index contributed by atoms with van der Waals surface area (Å²) in [4.78, 5) is 22.8. The van der Waals surface area contributed by atoms with Crippen LogP contribution in [0.3, 0.4) is 0 Å². The van der Waals surface area contributed by atoms with Crippen LogP contribution < -0.4 is 5.56 Å². The minimum atomic E-state index is -0.536. The van der Waals surface area contributed by atoms with Gasteiger partial charge >= 0.3 is 5.97 Å². The number of hydrogen-bond donors (Lipinski definition) is 0. The predicted octanol–water partition coefficient (Wildman–Crippen LogP) is 1.74. The average Bonchev–Trinajstić information content (AvgIpc) is 2.42. The standard InChI is InChI=1S/C13H11ClN2O3/c1-19-13(18)8-16-12(17)7-6-11(15-16)9-4-2-3-5-10(9)14/h2-7H,8H2,1H3. The van der Waals surface area contributed by atoms with Crippen LogP contribution >= 0.6 is 11.6 Å². The second-order valence-corrected chi connectivity index (χ2v) is 4.18. The van der Waals surface area contributed by atoms with Crippen molar-refractivity contribution in [1.29, 1.82) is 0 Å². The van der Waals surface area contributed by atoms with Crippen LogP contribution in [0.25, 0.3) is 11.3 Å². The smallest absolute Gasteiger partial charge is 0.327 e. The third-order valence-corrected chi connectivity index (χ3v) is 2.85. The Morgan fingerprint density at radius 3 is 2.74 bits per heavy atom. The lowest BCUT2D eigenvalue weighted by Gasteiger charge is -2.07. The SMILES string of the molecule is COC(=O)Cn1nc(-c2ccccc2Cl)ccc1=O. The number of methoxy groups -OCH3 is 1. The van der Waals surface area contributed by atoms with Gasteiger partial charge in [-0.25, -0.2) is 4.68 Å². The van der Waals surface area contributed by atoms with E-state index in [9.17, 15) is 9.59 Å². The van der Waals surface area contributed by atoms with Crippen LogP contribution in [-0.4, -0.2) is 22.9 Å². The monoisotopic (exact) mass is 278 g/mol. The highest BCUT2D eigenvalue weighted by atomic mass is 35.5. The van der Waals surface area contributed by atoms with E-state index in [1.165, 1.54) is 13.2 Å². The molecule has 5 nitrogen and oxygen atoms in total. The first kappa shape index (κ1) is 13.3. The maximum absolute atomic E-state index is 11.6. The molecule has 0 spiro atoms. The molecule has 98 valence electrons. The molecule has 0 aliphatic heterocycles. The van der Waals surface area contributed by atoms with Crippen LogP contribution in [0.2, 0.25) is 5.02 Å². The van der Waals surface area contributed by atoms with Crippen molar-refractivity contribution in [3.8, 4) is 11.3 Å². The zero-order chi connectivity index (χ0) is 13.8. The summed E-state index contributed by atoms with van der Waals surface area (Å²) in [5.74, 6) is -0.536. The van der Waals surface area contributed by atoms with Gasteiger partial charge in [0.05, 0.1) is 17.8 Å². The lowest BCUT2D eigenvalue weighted by molar-refractivity contribution is -0.141. The molecule has 0 aliphatic carbocycles. The van der Waals surface area contributed by atoms with Crippen molar-refractivity contribution in [3.05, 3.63) is 51.8 Å². The van der Waals surface area contributed by atoms with Crippen molar-refractivity contribution in [2.45, 2.75) is 6.54 Å². The summed E-state index contributed by atoms with van der Waals surface area (Å²) in [6.45, 7) is -0.229. The molecule has 2 rings (SSSR count). The fourth-order valence-corrected chi connectivity index (χ4v) is 1.79. The Morgan fingerprint density at radius 1 is 1.32 bits per heavy atom. The average molecular weight is 279 g/mol. The molecule has 1 aromatic carbocycles. The molecular formula is C13H11ClN2O3. The molecule has 0 unspecified atom stereocenters. The number of benzene rings is 1. The molecule has 0 saturated heterocycles. The number of ether oxygens (including phenoxy) is 1. The molecule has 0 atom stereocenters. The summed E-state index contributed by atoms with van der Waals surface area (Å²) < 4.78 is 5.56. The quantitative estimate of drug-likeness (QED) is 0.803. The molecule has 0 radical (unpaired) electrons. The second-order valence-electron chi connectivity index (χ2n) is 3.77. The number of aromatic nitrogens is 2. The van der Waals surface area contributed by atoms with E-state index in [0.29, 0.717) is 16.3 Å². The van der Waals surface area contributed by atoms with Gasteiger partial charge in [0.1, 0.15) is 6.54 Å². The van der Waals surface area contributed by atoms with E-state index in [0.717, 1.165) is 4.68 Å². The maximum Gasteiger partial charge on any atom is 0.327 e. The van der Waals surface area contributed by atoms with Crippen molar-refractivity contribution in [2.24, 2.45) is 0 Å². The van der Waals surface area contributed by atoms with Crippen molar-refractivity contribution in [1.82, 2.24) is 9.78 Å². The Bertz CT molecular complexity index is 667. The van der Waals surface area contributed by atoms with Crippen LogP contribution in [0.5, 0.6) is 0 Å². The highest BCUT2D eigenvalue weighted by molar-refractivity contribution is 6.33. The molecule has 1 heterocycles. The van der Waals surface area contributed by atoms with E-state index in [1.807, 2.05) is 6.07 Å². The predicted molar refractivity (Wildman–Crippen MR) is 71.0 cm³/mol. The van der Waals surface area contributed by atoms with Gasteiger partial charge in [0.15, 0.2) is 0 Å². The van der Waals surface area contributed by atoms with Crippen molar-refractivity contribution in [3.63, 3.8) is 0 Å². The zero-order valence-corrected chi connectivity index (χ0v) is 10.9. The van der Waals surface area contributed by atoms with Gasteiger partial charge in [0, 0.05) is 11.6 Å². The normalized spacial score (nSPS) is 10.2. The molecule has 19 heavy (non-hydrogen) atoms. The van der Waals surface area contributed by atoms with E-state index in [-0.39, 0.29) is 12.1 Å². The number of carbonyl (C=O) groups is 1. The molecule has 0 N–H and O–H groups in total. The summed E-state index contributed by atoms with van der Waals surface area (Å²) in [5, 5.41) is 4.64. The number of halogens is 1. The largest absolute Gasteiger partial charge is 0.468 e. The molecule has 1 aromatic heterocycles. The molecule has 0 fully saturated rings. The van der Waals surface area contributed by atoms with Crippen LogP contribution in [0.1, 0.15) is 0 Å². The van der Waals surface area contributed by atoms with E-state index in [2.05, 4.69) is 9.84 Å². The Morgan fingerprint density at radius 2 is 2.05 bits per heavy atom. The van der Waals surface area contributed by atoms with Crippen molar-refractivity contribution in [2.75, 3.05) is 7.11 Å². The summed E-state index contributed by atoms with van der Waals surface area (Å²) in [6.07, 6.45) is 0. The minimum absolute atomic E-state index is 0.229. The Balaban J connectivity index is 2.44. The number of esters is 1. The fourth-order valence-electron chi connectivity index (χ4n) is 1.56. The van der Waals surface area contributed by atoms with Gasteiger partial charge in [-0.05, 0) is 12.1 Å². The molecule has 0 bridgehead atoms. The van der Waals surface area contributed by atoms with E-state index in [4.69, 9.17) is 11.6 Å². The molecular weight excluding hydrogens is 268 g/mol. The third kappa shape index (κ3) is 3.00. The zero-order valence-electron chi connectivity index (χ0n) is 10.2. The first-order valence-corrected chi connectivity index (χ1v) is 5.89. The van der Waals surface area contributed by atoms with Gasteiger partial charge < -0.3 is 4.74 Å². The third-order valence-electron chi connectivity index (χ3n) is 2.52. The van der Waals surface area contributed by atoms with E-state index < -0.39 is 5.97 Å². The van der Waals surface area contributed by atoms with Crippen LogP contribution in [-0.2, 0) is 16.1 Å². The van der Waals surface area contributed by atoms with E-state index in [1.54, 1.807) is 24.3 Å². The molecule has 0 aliphatic rings. The van der Waals surface area contributed by atoms with Gasteiger partial charge in [0.2, 0.25) is 0 Å². The lowest BCUT2D eigenvalue weighted by Crippen LogP contribution is -2.26. The summed E-state index contributed by atoms with van der Waals surface area (Å²) >= 11 is 6.06.